The van der Waals surface area contributed by atoms with E-state index in [1.165, 1.54) is 17.3 Å². The van der Waals surface area contributed by atoms with Crippen molar-refractivity contribution in [3.05, 3.63) is 70.2 Å². The van der Waals surface area contributed by atoms with Crippen LogP contribution in [-0.4, -0.2) is 21.8 Å². The Hall–Kier alpha value is -2.60. The number of amidine groups is 1. The molecule has 0 unspecified atom stereocenters. The molecular weight excluding hydrogens is 356 g/mol. The number of hydrazone groups is 1. The summed E-state index contributed by atoms with van der Waals surface area (Å²) >= 11 is 1.52. The number of amides is 1. The number of nitrogens with zero attached hydrogens (tertiary/aromatic N) is 3. The Balaban J connectivity index is 1.88. The zero-order chi connectivity index (χ0) is 19.0. The van der Waals surface area contributed by atoms with Gasteiger partial charge in [-0.3, -0.25) is 15.1 Å². The molecule has 2 aromatic rings. The molecule has 2 aliphatic rings. The van der Waals surface area contributed by atoms with Gasteiger partial charge in [-0.15, -0.1) is 5.10 Å². The topological polar surface area (TPSA) is 57.1 Å². The molecule has 0 aromatic heterocycles. The summed E-state index contributed by atoms with van der Waals surface area (Å²) in [5, 5.41) is 11.6. The number of carbonyl (C=O) groups excluding carboxylic acids is 1. The van der Waals surface area contributed by atoms with Gasteiger partial charge >= 0.3 is 0 Å². The number of thioether (sulfide) groups is 1. The molecule has 0 saturated carbocycles. The smallest absolute Gasteiger partial charge is 0.276 e. The van der Waals surface area contributed by atoms with Crippen LogP contribution in [0.3, 0.4) is 0 Å². The normalized spacial score (nSPS) is 18.4. The van der Waals surface area contributed by atoms with Crippen LogP contribution in [-0.2, 0) is 4.79 Å². The van der Waals surface area contributed by atoms with E-state index in [-0.39, 0.29) is 12.1 Å². The highest BCUT2D eigenvalue weighted by atomic mass is 32.2. The van der Waals surface area contributed by atoms with Gasteiger partial charge in [0.05, 0.1) is 5.36 Å². The largest absolute Gasteiger partial charge is 0.298 e. The van der Waals surface area contributed by atoms with E-state index in [9.17, 15) is 4.79 Å². The molecular formula is C21H22N4OS. The molecule has 0 fully saturated rings. The Kier molecular flexibility index (Phi) is 4.74. The summed E-state index contributed by atoms with van der Waals surface area (Å²) < 4.78 is 0. The van der Waals surface area contributed by atoms with Crippen LogP contribution in [0.2, 0.25) is 0 Å². The van der Waals surface area contributed by atoms with Gasteiger partial charge in [0.25, 0.3) is 5.91 Å². The predicted molar refractivity (Wildman–Crippen MR) is 109 cm³/mol. The Bertz CT molecular complexity index is 1030. The Morgan fingerprint density at radius 2 is 1.89 bits per heavy atom. The molecule has 2 heterocycles. The lowest BCUT2D eigenvalue weighted by Gasteiger charge is -2.34. The number of carbonyl (C=O) groups is 1. The molecule has 2 aliphatic heterocycles. The average molecular weight is 379 g/mol. The average Bonchev–Trinajstić information content (AvgIpc) is 2.67. The second-order valence-electron chi connectivity index (χ2n) is 6.83. The first-order valence-electron chi connectivity index (χ1n) is 9.17. The van der Waals surface area contributed by atoms with Gasteiger partial charge in [0, 0.05) is 5.22 Å². The first-order chi connectivity index (χ1) is 13.1. The number of benzene rings is 2. The van der Waals surface area contributed by atoms with E-state index in [1.807, 2.05) is 31.2 Å². The van der Waals surface area contributed by atoms with Gasteiger partial charge in [0.1, 0.15) is 5.70 Å². The molecule has 6 heteroatoms. The van der Waals surface area contributed by atoms with Crippen LogP contribution in [0.25, 0.3) is 5.70 Å². The van der Waals surface area contributed by atoms with Crippen molar-refractivity contribution >= 4 is 28.5 Å². The molecule has 0 aliphatic carbocycles. The third kappa shape index (κ3) is 3.25. The maximum Gasteiger partial charge on any atom is 0.276 e. The molecule has 1 amide bonds. The molecule has 0 bridgehead atoms. The van der Waals surface area contributed by atoms with Crippen molar-refractivity contribution in [3.63, 3.8) is 0 Å². The molecule has 1 N–H and O–H groups in total. The second kappa shape index (κ2) is 7.19. The fraction of sp³-hybridized carbons (Fsp3) is 0.286. The number of rotatable bonds is 3. The minimum absolute atomic E-state index is 0.132. The molecule has 1 atom stereocenters. The number of hydrogen-bond acceptors (Lipinski definition) is 5. The van der Waals surface area contributed by atoms with Crippen molar-refractivity contribution < 1.29 is 4.79 Å². The van der Waals surface area contributed by atoms with Crippen molar-refractivity contribution in [3.8, 4) is 0 Å². The fourth-order valence-corrected chi connectivity index (χ4v) is 3.88. The lowest BCUT2D eigenvalue weighted by atomic mass is 10.0. The van der Waals surface area contributed by atoms with E-state index < -0.39 is 0 Å². The van der Waals surface area contributed by atoms with Crippen molar-refractivity contribution in [2.24, 2.45) is 10.1 Å². The van der Waals surface area contributed by atoms with Gasteiger partial charge in [0.2, 0.25) is 0 Å². The number of fused-ring (bicyclic) bond motifs is 2. The first kappa shape index (κ1) is 17.8. The van der Waals surface area contributed by atoms with Crippen LogP contribution >= 0.6 is 11.8 Å². The summed E-state index contributed by atoms with van der Waals surface area (Å²) in [6.07, 6.45) is -0.352. The van der Waals surface area contributed by atoms with Crippen LogP contribution in [0.4, 0.5) is 0 Å². The van der Waals surface area contributed by atoms with Gasteiger partial charge in [-0.1, -0.05) is 75.0 Å². The lowest BCUT2D eigenvalue weighted by Crippen LogP contribution is -2.50. The summed E-state index contributed by atoms with van der Waals surface area (Å²) in [5.41, 5.74) is 2.85. The van der Waals surface area contributed by atoms with E-state index >= 15 is 0 Å². The van der Waals surface area contributed by atoms with Crippen LogP contribution in [0.1, 0.15) is 44.0 Å². The van der Waals surface area contributed by atoms with Crippen molar-refractivity contribution in [1.29, 1.82) is 0 Å². The summed E-state index contributed by atoms with van der Waals surface area (Å²) in [7, 11) is 0. The van der Waals surface area contributed by atoms with E-state index in [2.05, 4.69) is 43.4 Å². The van der Waals surface area contributed by atoms with Gasteiger partial charge in [0.15, 0.2) is 11.3 Å². The summed E-state index contributed by atoms with van der Waals surface area (Å²) in [6.45, 7) is 6.39. The molecule has 5 nitrogen and oxygen atoms in total. The highest BCUT2D eigenvalue weighted by Gasteiger charge is 2.34. The van der Waals surface area contributed by atoms with Crippen molar-refractivity contribution in [2.45, 2.75) is 32.9 Å². The highest BCUT2D eigenvalue weighted by Crippen LogP contribution is 2.31. The summed E-state index contributed by atoms with van der Waals surface area (Å²) in [4.78, 5) is 17.8. The van der Waals surface area contributed by atoms with Crippen molar-refractivity contribution in [2.75, 3.05) is 5.75 Å². The third-order valence-electron chi connectivity index (χ3n) is 4.70. The number of hydrogen-bond donors (Lipinski definition) is 1. The van der Waals surface area contributed by atoms with Crippen LogP contribution in [0.15, 0.2) is 58.6 Å². The van der Waals surface area contributed by atoms with Gasteiger partial charge in [-0.05, 0) is 28.9 Å². The summed E-state index contributed by atoms with van der Waals surface area (Å²) in [5.74, 6) is 1.17. The fourth-order valence-electron chi connectivity index (χ4n) is 3.30. The molecule has 2 aromatic carbocycles. The van der Waals surface area contributed by atoms with Crippen LogP contribution in [0.5, 0.6) is 0 Å². The number of para-hydroxylation sites is 1. The zero-order valence-electron chi connectivity index (χ0n) is 15.6. The van der Waals surface area contributed by atoms with Gasteiger partial charge in [-0.25, -0.2) is 5.01 Å². The standard InChI is InChI=1S/C21H22N4OS/c1-4-27-21-23-20(26)18-16-7-5-6-8-17(16)22-19(25(18)24-21)15-11-9-14(10-12-15)13(2)3/h5-13,19H,4H2,1-3H3,(H,23,24,26)/t19-/m0/s1. The second-order valence-corrected chi connectivity index (χ2v) is 8.08. The summed E-state index contributed by atoms with van der Waals surface area (Å²) in [6, 6.07) is 16.2. The van der Waals surface area contributed by atoms with Gasteiger partial charge in [-0.2, -0.15) is 0 Å². The lowest BCUT2D eigenvalue weighted by molar-refractivity contribution is -0.116. The maximum atomic E-state index is 12.9. The molecule has 138 valence electrons. The molecule has 4 rings (SSSR count). The SMILES string of the molecule is CCSC1=NN2C(=c3ccccc3=N[C@@H]2c2ccc(C(C)C)cc2)C(=O)N1. The van der Waals surface area contributed by atoms with E-state index in [0.717, 1.165) is 21.9 Å². The first-order valence-corrected chi connectivity index (χ1v) is 10.2. The van der Waals surface area contributed by atoms with E-state index in [1.54, 1.807) is 5.01 Å². The van der Waals surface area contributed by atoms with Crippen LogP contribution in [0, 0.1) is 0 Å². The quantitative estimate of drug-likeness (QED) is 0.893. The third-order valence-corrected chi connectivity index (χ3v) is 5.44. The molecule has 0 saturated heterocycles. The van der Waals surface area contributed by atoms with Crippen molar-refractivity contribution in [1.82, 2.24) is 10.3 Å². The van der Waals surface area contributed by atoms with E-state index in [0.29, 0.717) is 16.8 Å². The van der Waals surface area contributed by atoms with Gasteiger partial charge < -0.3 is 0 Å². The zero-order valence-corrected chi connectivity index (χ0v) is 16.5. The Morgan fingerprint density at radius 1 is 1.15 bits per heavy atom. The highest BCUT2D eigenvalue weighted by molar-refractivity contribution is 8.13. The minimum atomic E-state index is -0.352. The monoisotopic (exact) mass is 378 g/mol. The number of nitrogens with one attached hydrogen (secondary N) is 1. The minimum Gasteiger partial charge on any atom is -0.298 e. The van der Waals surface area contributed by atoms with E-state index in [4.69, 9.17) is 10.1 Å². The molecule has 0 spiro atoms. The molecule has 0 radical (unpaired) electrons. The van der Waals surface area contributed by atoms with Crippen LogP contribution < -0.4 is 15.9 Å². The Morgan fingerprint density at radius 3 is 2.59 bits per heavy atom. The Labute approximate surface area is 162 Å². The predicted octanol–water partition coefficient (Wildman–Crippen LogP) is 2.71. The maximum absolute atomic E-state index is 12.9. The molecule has 27 heavy (non-hydrogen) atoms.